The van der Waals surface area contributed by atoms with Gasteiger partial charge in [0.25, 0.3) is 0 Å². The summed E-state index contributed by atoms with van der Waals surface area (Å²) >= 11 is 0. The van der Waals surface area contributed by atoms with E-state index < -0.39 is 11.7 Å². The maximum atomic E-state index is 13.0. The van der Waals surface area contributed by atoms with Gasteiger partial charge >= 0.3 is 6.18 Å². The average molecular weight is 280 g/mol. The fraction of sp³-hybridized carbons (Fsp3) is 0.267. The summed E-state index contributed by atoms with van der Waals surface area (Å²) in [4.78, 5) is 3.82. The van der Waals surface area contributed by atoms with Gasteiger partial charge in [-0.05, 0) is 36.7 Å². The Bertz CT molecular complexity index is 606. The molecule has 0 saturated carbocycles. The number of hydrogen-bond donors (Lipinski definition) is 1. The Morgan fingerprint density at radius 1 is 1.15 bits per heavy atom. The number of halogens is 3. The lowest BCUT2D eigenvalue weighted by Crippen LogP contribution is -2.08. The van der Waals surface area contributed by atoms with Crippen molar-refractivity contribution >= 4 is 0 Å². The molecule has 0 aliphatic rings. The van der Waals surface area contributed by atoms with E-state index in [-0.39, 0.29) is 5.56 Å². The monoisotopic (exact) mass is 280 g/mol. The van der Waals surface area contributed by atoms with Crippen molar-refractivity contribution in [3.05, 3.63) is 53.3 Å². The van der Waals surface area contributed by atoms with Crippen molar-refractivity contribution in [1.29, 1.82) is 0 Å². The summed E-state index contributed by atoms with van der Waals surface area (Å²) in [6.07, 6.45) is -1.95. The molecular formula is C15H15F3N2. The number of aromatic nitrogens is 1. The molecule has 0 amide bonds. The highest BCUT2D eigenvalue weighted by Gasteiger charge is 2.33. The van der Waals surface area contributed by atoms with Crippen molar-refractivity contribution < 1.29 is 13.2 Å². The lowest BCUT2D eigenvalue weighted by atomic mass is 9.96. The third kappa shape index (κ3) is 2.99. The van der Waals surface area contributed by atoms with Crippen LogP contribution in [0.1, 0.15) is 16.7 Å². The number of nitrogens with zero attached hydrogens (tertiary/aromatic N) is 1. The molecule has 5 heteroatoms. The van der Waals surface area contributed by atoms with Crippen LogP contribution in [0.25, 0.3) is 11.1 Å². The lowest BCUT2D eigenvalue weighted by molar-refractivity contribution is -0.137. The molecule has 1 aromatic heterocycles. The lowest BCUT2D eigenvalue weighted by Gasteiger charge is -2.14. The van der Waals surface area contributed by atoms with Gasteiger partial charge in [-0.15, -0.1) is 0 Å². The number of alkyl halides is 3. The van der Waals surface area contributed by atoms with Gasteiger partial charge in [-0.2, -0.15) is 13.2 Å². The molecule has 0 spiro atoms. The molecule has 0 aliphatic carbocycles. The van der Waals surface area contributed by atoms with E-state index in [0.29, 0.717) is 12.1 Å². The van der Waals surface area contributed by atoms with Crippen molar-refractivity contribution in [3.63, 3.8) is 0 Å². The Morgan fingerprint density at radius 2 is 1.90 bits per heavy atom. The summed E-state index contributed by atoms with van der Waals surface area (Å²) in [5.74, 6) is 0. The third-order valence-electron chi connectivity index (χ3n) is 3.09. The van der Waals surface area contributed by atoms with Gasteiger partial charge in [0.1, 0.15) is 0 Å². The highest BCUT2D eigenvalue weighted by Crippen LogP contribution is 2.37. The van der Waals surface area contributed by atoms with Crippen LogP contribution < -0.4 is 5.32 Å². The molecule has 20 heavy (non-hydrogen) atoms. The van der Waals surface area contributed by atoms with Crippen LogP contribution in [0.3, 0.4) is 0 Å². The van der Waals surface area contributed by atoms with Crippen LogP contribution in [0.2, 0.25) is 0 Å². The quantitative estimate of drug-likeness (QED) is 0.925. The molecule has 0 aliphatic heterocycles. The summed E-state index contributed by atoms with van der Waals surface area (Å²) < 4.78 is 39.1. The maximum Gasteiger partial charge on any atom is 0.417 e. The number of hydrogen-bond acceptors (Lipinski definition) is 2. The summed E-state index contributed by atoms with van der Waals surface area (Å²) in [6.45, 7) is 2.49. The average Bonchev–Trinajstić information content (AvgIpc) is 2.38. The maximum absolute atomic E-state index is 13.0. The van der Waals surface area contributed by atoms with E-state index in [2.05, 4.69) is 10.3 Å². The molecule has 0 atom stereocenters. The van der Waals surface area contributed by atoms with Crippen LogP contribution in [0.4, 0.5) is 13.2 Å². The van der Waals surface area contributed by atoms with Crippen molar-refractivity contribution in [1.82, 2.24) is 10.3 Å². The number of benzene rings is 1. The van der Waals surface area contributed by atoms with Gasteiger partial charge < -0.3 is 5.32 Å². The molecule has 2 aromatic rings. The smallest absolute Gasteiger partial charge is 0.316 e. The van der Waals surface area contributed by atoms with Crippen molar-refractivity contribution in [2.45, 2.75) is 19.6 Å². The minimum Gasteiger partial charge on any atom is -0.316 e. The first-order chi connectivity index (χ1) is 9.43. The molecule has 0 saturated heterocycles. The number of nitrogens with one attached hydrogen (secondary N) is 1. The first-order valence-corrected chi connectivity index (χ1v) is 6.19. The van der Waals surface area contributed by atoms with Gasteiger partial charge in [-0.25, -0.2) is 0 Å². The topological polar surface area (TPSA) is 24.9 Å². The van der Waals surface area contributed by atoms with E-state index in [9.17, 15) is 13.2 Å². The van der Waals surface area contributed by atoms with Crippen LogP contribution in [0, 0.1) is 6.92 Å². The van der Waals surface area contributed by atoms with E-state index in [4.69, 9.17) is 0 Å². The first-order valence-electron chi connectivity index (χ1n) is 6.19. The second kappa shape index (κ2) is 5.63. The van der Waals surface area contributed by atoms with Crippen LogP contribution in [-0.2, 0) is 12.7 Å². The van der Waals surface area contributed by atoms with Gasteiger partial charge in [0, 0.05) is 24.5 Å². The molecular weight excluding hydrogens is 265 g/mol. The zero-order chi connectivity index (χ0) is 14.8. The Labute approximate surface area is 115 Å². The summed E-state index contributed by atoms with van der Waals surface area (Å²) in [7, 11) is 1.83. The highest BCUT2D eigenvalue weighted by atomic mass is 19.4. The Hall–Kier alpha value is -1.88. The summed E-state index contributed by atoms with van der Waals surface area (Å²) in [5.41, 5.74) is 1.86. The minimum absolute atomic E-state index is 0.119. The van der Waals surface area contributed by atoms with Crippen molar-refractivity contribution in [2.24, 2.45) is 0 Å². The van der Waals surface area contributed by atoms with E-state index in [1.54, 1.807) is 6.07 Å². The molecule has 1 aromatic carbocycles. The van der Waals surface area contributed by atoms with Gasteiger partial charge in [-0.1, -0.05) is 18.2 Å². The van der Waals surface area contributed by atoms with Crippen LogP contribution in [0.5, 0.6) is 0 Å². The zero-order valence-corrected chi connectivity index (χ0v) is 11.3. The Kier molecular flexibility index (Phi) is 4.09. The summed E-state index contributed by atoms with van der Waals surface area (Å²) in [6, 6.07) is 6.44. The van der Waals surface area contributed by atoms with Gasteiger partial charge in [-0.3, -0.25) is 4.98 Å². The molecule has 0 fully saturated rings. The largest absolute Gasteiger partial charge is 0.417 e. The van der Waals surface area contributed by atoms with Gasteiger partial charge in [0.2, 0.25) is 0 Å². The van der Waals surface area contributed by atoms with Crippen LogP contribution >= 0.6 is 0 Å². The van der Waals surface area contributed by atoms with Crippen LogP contribution in [0.15, 0.2) is 36.7 Å². The van der Waals surface area contributed by atoms with Gasteiger partial charge in [0.05, 0.1) is 5.56 Å². The van der Waals surface area contributed by atoms with Crippen molar-refractivity contribution in [2.75, 3.05) is 7.05 Å². The molecule has 1 N–H and O–H groups in total. The number of rotatable bonds is 3. The van der Waals surface area contributed by atoms with E-state index >= 15 is 0 Å². The van der Waals surface area contributed by atoms with E-state index in [1.807, 2.05) is 26.1 Å². The summed E-state index contributed by atoms with van der Waals surface area (Å²) in [5, 5.41) is 3.01. The minimum atomic E-state index is -4.38. The Morgan fingerprint density at radius 3 is 2.50 bits per heavy atom. The fourth-order valence-electron chi connectivity index (χ4n) is 2.20. The van der Waals surface area contributed by atoms with Crippen molar-refractivity contribution in [3.8, 4) is 11.1 Å². The second-order valence-electron chi connectivity index (χ2n) is 4.60. The fourth-order valence-corrected chi connectivity index (χ4v) is 2.20. The molecule has 2 rings (SSSR count). The van der Waals surface area contributed by atoms with E-state index in [0.717, 1.165) is 23.4 Å². The molecule has 1 heterocycles. The number of pyridine rings is 1. The molecule has 0 radical (unpaired) electrons. The van der Waals surface area contributed by atoms with Gasteiger partial charge in [0.15, 0.2) is 0 Å². The standard InChI is InChI=1S/C15H15F3N2/c1-10-7-11(8-19-2)3-4-12(10)13-9-20-6-5-14(13)15(16,17)18/h3-7,9,19H,8H2,1-2H3. The predicted octanol–water partition coefficient (Wildman–Crippen LogP) is 3.80. The predicted molar refractivity (Wildman–Crippen MR) is 72.2 cm³/mol. The molecule has 0 unspecified atom stereocenters. The second-order valence-corrected chi connectivity index (χ2v) is 4.60. The SMILES string of the molecule is CNCc1ccc(-c2cnccc2C(F)(F)F)c(C)c1. The molecule has 106 valence electrons. The first kappa shape index (κ1) is 14.5. The zero-order valence-electron chi connectivity index (χ0n) is 11.3. The molecule has 0 bridgehead atoms. The molecule has 2 nitrogen and oxygen atoms in total. The number of aryl methyl sites for hydroxylation is 1. The third-order valence-corrected chi connectivity index (χ3v) is 3.09. The Balaban J connectivity index is 2.52. The normalized spacial score (nSPS) is 11.7. The van der Waals surface area contributed by atoms with E-state index in [1.165, 1.54) is 6.20 Å². The van der Waals surface area contributed by atoms with Crippen LogP contribution in [-0.4, -0.2) is 12.0 Å². The highest BCUT2D eigenvalue weighted by molar-refractivity contribution is 5.70.